The molecule has 1 N–H and O–H groups in total. The Balaban J connectivity index is 2.25. The lowest BCUT2D eigenvalue weighted by Gasteiger charge is -2.45. The first kappa shape index (κ1) is 15.0. The summed E-state index contributed by atoms with van der Waals surface area (Å²) < 4.78 is 0. The van der Waals surface area contributed by atoms with E-state index in [4.69, 9.17) is 4.98 Å². The van der Waals surface area contributed by atoms with Crippen LogP contribution < -0.4 is 10.2 Å². The quantitative estimate of drug-likeness (QED) is 0.912. The highest BCUT2D eigenvalue weighted by molar-refractivity contribution is 5.50. The Morgan fingerprint density at radius 3 is 2.60 bits per heavy atom. The number of aryl methyl sites for hydroxylation is 1. The van der Waals surface area contributed by atoms with E-state index in [0.29, 0.717) is 0 Å². The first-order valence-electron chi connectivity index (χ1n) is 7.54. The zero-order valence-electron chi connectivity index (χ0n) is 13.4. The Labute approximate surface area is 122 Å². The van der Waals surface area contributed by atoms with E-state index in [2.05, 4.69) is 60.9 Å². The largest absolute Gasteiger partial charge is 0.370 e. The van der Waals surface area contributed by atoms with Crippen LogP contribution in [0, 0.1) is 0 Å². The summed E-state index contributed by atoms with van der Waals surface area (Å²) in [5, 5.41) is 3.30. The molecule has 0 bridgehead atoms. The van der Waals surface area contributed by atoms with Crippen molar-refractivity contribution in [1.82, 2.24) is 14.9 Å². The molecule has 1 fully saturated rings. The van der Waals surface area contributed by atoms with Crippen molar-refractivity contribution in [3.8, 4) is 0 Å². The first-order valence-corrected chi connectivity index (χ1v) is 7.54. The lowest BCUT2D eigenvalue weighted by Crippen LogP contribution is -2.57. The summed E-state index contributed by atoms with van der Waals surface area (Å²) in [4.78, 5) is 14.0. The lowest BCUT2D eigenvalue weighted by atomic mass is 10.00. The fraction of sp³-hybridized carbons (Fsp3) is 0.733. The summed E-state index contributed by atoms with van der Waals surface area (Å²) in [6.07, 6.45) is 0.864. The van der Waals surface area contributed by atoms with E-state index in [1.165, 1.54) is 0 Å². The minimum Gasteiger partial charge on any atom is -0.370 e. The van der Waals surface area contributed by atoms with Gasteiger partial charge < -0.3 is 10.2 Å². The average molecular weight is 277 g/mol. The van der Waals surface area contributed by atoms with Gasteiger partial charge in [0.15, 0.2) is 0 Å². The van der Waals surface area contributed by atoms with Gasteiger partial charge in [0.05, 0.1) is 0 Å². The van der Waals surface area contributed by atoms with Gasteiger partial charge in [-0.25, -0.2) is 9.97 Å². The van der Waals surface area contributed by atoms with Gasteiger partial charge in [-0.1, -0.05) is 6.92 Å². The van der Waals surface area contributed by atoms with Crippen LogP contribution in [-0.4, -0.2) is 53.6 Å². The predicted octanol–water partition coefficient (Wildman–Crippen LogP) is 2.00. The van der Waals surface area contributed by atoms with Crippen LogP contribution in [0.4, 0.5) is 11.6 Å². The molecule has 0 aromatic carbocycles. The highest BCUT2D eigenvalue weighted by Gasteiger charge is 2.31. The molecule has 112 valence electrons. The highest BCUT2D eigenvalue weighted by Crippen LogP contribution is 2.24. The Morgan fingerprint density at radius 1 is 1.25 bits per heavy atom. The predicted molar refractivity (Wildman–Crippen MR) is 84.5 cm³/mol. The summed E-state index contributed by atoms with van der Waals surface area (Å²) in [6, 6.07) is 2.07. The van der Waals surface area contributed by atoms with Crippen LogP contribution in [0.3, 0.4) is 0 Å². The van der Waals surface area contributed by atoms with Crippen LogP contribution in [0.25, 0.3) is 0 Å². The summed E-state index contributed by atoms with van der Waals surface area (Å²) in [5.41, 5.74) is 0.175. The fourth-order valence-corrected chi connectivity index (χ4v) is 2.51. The second-order valence-electron chi connectivity index (χ2n) is 6.07. The molecule has 0 atom stereocenters. The number of nitrogens with one attached hydrogen (secondary N) is 1. The van der Waals surface area contributed by atoms with Crippen LogP contribution >= 0.6 is 0 Å². The van der Waals surface area contributed by atoms with Gasteiger partial charge >= 0.3 is 0 Å². The molecule has 1 saturated heterocycles. The van der Waals surface area contributed by atoms with E-state index in [1.54, 1.807) is 0 Å². The molecule has 5 nitrogen and oxygen atoms in total. The molecule has 0 saturated carbocycles. The van der Waals surface area contributed by atoms with Crippen LogP contribution in [0.1, 0.15) is 33.5 Å². The molecule has 2 rings (SSSR count). The maximum Gasteiger partial charge on any atom is 0.134 e. The van der Waals surface area contributed by atoms with Crippen molar-refractivity contribution >= 4 is 11.6 Å². The molecule has 20 heavy (non-hydrogen) atoms. The molecule has 0 aliphatic carbocycles. The molecule has 1 aromatic heterocycles. The van der Waals surface area contributed by atoms with Gasteiger partial charge in [-0.2, -0.15) is 0 Å². The second kappa shape index (κ2) is 5.95. The zero-order chi connectivity index (χ0) is 14.8. The number of rotatable bonds is 4. The smallest absolute Gasteiger partial charge is 0.134 e. The van der Waals surface area contributed by atoms with Crippen molar-refractivity contribution in [3.05, 3.63) is 11.9 Å². The minimum absolute atomic E-state index is 0.175. The van der Waals surface area contributed by atoms with Gasteiger partial charge in [0.25, 0.3) is 0 Å². The maximum absolute atomic E-state index is 4.70. The number of hydrogen-bond donors (Lipinski definition) is 1. The van der Waals surface area contributed by atoms with Crippen molar-refractivity contribution in [2.24, 2.45) is 0 Å². The molecule has 1 aliphatic heterocycles. The highest BCUT2D eigenvalue weighted by atomic mass is 15.3. The average Bonchev–Trinajstić information content (AvgIpc) is 2.41. The summed E-state index contributed by atoms with van der Waals surface area (Å²) >= 11 is 0. The second-order valence-corrected chi connectivity index (χ2v) is 6.07. The van der Waals surface area contributed by atoms with Gasteiger partial charge in [-0.3, -0.25) is 4.90 Å². The lowest BCUT2D eigenvalue weighted by molar-refractivity contribution is 0.138. The van der Waals surface area contributed by atoms with Crippen molar-refractivity contribution < 1.29 is 0 Å². The molecule has 0 amide bonds. The van der Waals surface area contributed by atoms with Gasteiger partial charge in [-0.15, -0.1) is 0 Å². The first-order chi connectivity index (χ1) is 9.46. The van der Waals surface area contributed by atoms with Crippen LogP contribution in [0.5, 0.6) is 0 Å². The number of anilines is 2. The van der Waals surface area contributed by atoms with Crippen molar-refractivity contribution in [3.63, 3.8) is 0 Å². The molecule has 1 aliphatic rings. The van der Waals surface area contributed by atoms with Gasteiger partial charge in [0.2, 0.25) is 0 Å². The van der Waals surface area contributed by atoms with Crippen molar-refractivity contribution in [2.75, 3.05) is 43.4 Å². The van der Waals surface area contributed by atoms with E-state index in [9.17, 15) is 0 Å². The molecule has 1 aromatic rings. The standard InChI is InChI=1S/C15H27N5/c1-6-12-17-13(16-7-2)10-14(18-12)20-9-8-19(5)15(3,4)11-20/h10H,6-9,11H2,1-5H3,(H,16,17,18). The molecule has 0 unspecified atom stereocenters. The van der Waals surface area contributed by atoms with Crippen LogP contribution in [0.15, 0.2) is 6.07 Å². The number of nitrogens with zero attached hydrogens (tertiary/aromatic N) is 4. The van der Waals surface area contributed by atoms with E-state index in [0.717, 1.165) is 50.1 Å². The molecule has 0 spiro atoms. The van der Waals surface area contributed by atoms with E-state index >= 15 is 0 Å². The summed E-state index contributed by atoms with van der Waals surface area (Å²) in [7, 11) is 2.19. The van der Waals surface area contributed by atoms with Gasteiger partial charge in [0, 0.05) is 44.2 Å². The Kier molecular flexibility index (Phi) is 4.48. The minimum atomic E-state index is 0.175. The van der Waals surface area contributed by atoms with Gasteiger partial charge in [0.1, 0.15) is 17.5 Å². The molecule has 5 heteroatoms. The SMILES string of the molecule is CCNc1cc(N2CCN(C)C(C)(C)C2)nc(CC)n1. The molecular weight excluding hydrogens is 250 g/mol. The van der Waals surface area contributed by atoms with Gasteiger partial charge in [-0.05, 0) is 27.8 Å². The number of likely N-dealkylation sites (N-methyl/N-ethyl adjacent to an activating group) is 1. The molecular formula is C15H27N5. The number of piperazine rings is 1. The van der Waals surface area contributed by atoms with E-state index in [1.807, 2.05) is 0 Å². The third kappa shape index (κ3) is 3.20. The third-order valence-corrected chi connectivity index (χ3v) is 4.07. The Morgan fingerprint density at radius 2 is 2.00 bits per heavy atom. The monoisotopic (exact) mass is 277 g/mol. The Hall–Kier alpha value is -1.36. The summed E-state index contributed by atoms with van der Waals surface area (Å²) in [5.74, 6) is 2.90. The van der Waals surface area contributed by atoms with E-state index < -0.39 is 0 Å². The molecule has 0 radical (unpaired) electrons. The zero-order valence-corrected chi connectivity index (χ0v) is 13.4. The topological polar surface area (TPSA) is 44.3 Å². The van der Waals surface area contributed by atoms with Crippen LogP contribution in [-0.2, 0) is 6.42 Å². The summed E-state index contributed by atoms with van der Waals surface area (Å²) in [6.45, 7) is 12.7. The normalized spacial score (nSPS) is 19.1. The van der Waals surface area contributed by atoms with Crippen molar-refractivity contribution in [1.29, 1.82) is 0 Å². The Bertz CT molecular complexity index is 458. The third-order valence-electron chi connectivity index (χ3n) is 4.07. The van der Waals surface area contributed by atoms with Crippen LogP contribution in [0.2, 0.25) is 0 Å². The number of aromatic nitrogens is 2. The van der Waals surface area contributed by atoms with E-state index in [-0.39, 0.29) is 5.54 Å². The van der Waals surface area contributed by atoms with Crippen molar-refractivity contribution in [2.45, 2.75) is 39.7 Å². The maximum atomic E-state index is 4.70. The fourth-order valence-electron chi connectivity index (χ4n) is 2.51. The molecule has 2 heterocycles. The number of hydrogen-bond acceptors (Lipinski definition) is 5.